The summed E-state index contributed by atoms with van der Waals surface area (Å²) in [5.41, 5.74) is 6.24. The van der Waals surface area contributed by atoms with E-state index in [1.54, 1.807) is 12.3 Å². The number of pyridine rings is 1. The third-order valence-electron chi connectivity index (χ3n) is 1.75. The highest BCUT2D eigenvalue weighted by molar-refractivity contribution is 7.20. The molecule has 2 heterocycles. The summed E-state index contributed by atoms with van der Waals surface area (Å²) < 4.78 is 0. The van der Waals surface area contributed by atoms with E-state index in [2.05, 4.69) is 4.98 Å². The number of primary amides is 1. The van der Waals surface area contributed by atoms with Crippen molar-refractivity contribution in [3.8, 4) is 0 Å². The number of nitrogens with zero attached hydrogens (tertiary/aromatic N) is 1. The molecule has 2 N–H and O–H groups in total. The Morgan fingerprint density at radius 2 is 2.31 bits per heavy atom. The van der Waals surface area contributed by atoms with E-state index in [1.165, 1.54) is 11.3 Å². The standard InChI is InChI=1S/C9H8N2OS/c1-5-2-6-3-7(8(10)12)13-9(6)11-4-5/h2-4H,1H3,(H2,10,12). The molecular formula is C9H8N2OS. The van der Waals surface area contributed by atoms with Crippen molar-refractivity contribution in [2.45, 2.75) is 6.92 Å². The van der Waals surface area contributed by atoms with Crippen LogP contribution in [0.15, 0.2) is 18.3 Å². The number of thiophene rings is 1. The van der Waals surface area contributed by atoms with E-state index < -0.39 is 0 Å². The summed E-state index contributed by atoms with van der Waals surface area (Å²) >= 11 is 1.33. The van der Waals surface area contributed by atoms with Gasteiger partial charge in [0.05, 0.1) is 4.88 Å². The van der Waals surface area contributed by atoms with Gasteiger partial charge in [-0.3, -0.25) is 4.79 Å². The van der Waals surface area contributed by atoms with Gasteiger partial charge in [-0.15, -0.1) is 11.3 Å². The van der Waals surface area contributed by atoms with Crippen molar-refractivity contribution in [2.24, 2.45) is 5.73 Å². The molecule has 13 heavy (non-hydrogen) atoms. The van der Waals surface area contributed by atoms with Gasteiger partial charge in [0, 0.05) is 11.6 Å². The first-order valence-corrected chi connectivity index (χ1v) is 4.64. The lowest BCUT2D eigenvalue weighted by molar-refractivity contribution is 0.100. The molecule has 0 aliphatic carbocycles. The number of amides is 1. The maximum Gasteiger partial charge on any atom is 0.258 e. The van der Waals surface area contributed by atoms with Crippen LogP contribution in [0.5, 0.6) is 0 Å². The SMILES string of the molecule is Cc1cnc2sc(C(N)=O)cc2c1. The number of hydrogen-bond donors (Lipinski definition) is 1. The van der Waals surface area contributed by atoms with Crippen LogP contribution in [-0.2, 0) is 0 Å². The van der Waals surface area contributed by atoms with Crippen LogP contribution in [0, 0.1) is 6.92 Å². The van der Waals surface area contributed by atoms with Crippen LogP contribution in [-0.4, -0.2) is 10.9 Å². The number of nitrogens with two attached hydrogens (primary N) is 1. The third kappa shape index (κ3) is 1.40. The molecule has 0 aromatic carbocycles. The second kappa shape index (κ2) is 2.81. The molecule has 0 saturated heterocycles. The number of carbonyl (C=O) groups excluding carboxylic acids is 1. The number of rotatable bonds is 1. The Morgan fingerprint density at radius 1 is 1.54 bits per heavy atom. The summed E-state index contributed by atoms with van der Waals surface area (Å²) in [6, 6.07) is 3.77. The minimum Gasteiger partial charge on any atom is -0.365 e. The predicted octanol–water partition coefficient (Wildman–Crippen LogP) is 1.70. The topological polar surface area (TPSA) is 56.0 Å². The van der Waals surface area contributed by atoms with Crippen molar-refractivity contribution in [3.63, 3.8) is 0 Å². The summed E-state index contributed by atoms with van der Waals surface area (Å²) in [6.07, 6.45) is 1.78. The lowest BCUT2D eigenvalue weighted by Crippen LogP contribution is -2.07. The van der Waals surface area contributed by atoms with Crippen molar-refractivity contribution in [1.82, 2.24) is 4.98 Å². The molecule has 0 aliphatic heterocycles. The van der Waals surface area contributed by atoms with Crippen molar-refractivity contribution < 1.29 is 4.79 Å². The van der Waals surface area contributed by atoms with Crippen molar-refractivity contribution in [1.29, 1.82) is 0 Å². The molecule has 0 atom stereocenters. The van der Waals surface area contributed by atoms with Gasteiger partial charge < -0.3 is 5.73 Å². The molecule has 2 aromatic rings. The van der Waals surface area contributed by atoms with Gasteiger partial charge in [-0.05, 0) is 24.6 Å². The van der Waals surface area contributed by atoms with Crippen LogP contribution >= 0.6 is 11.3 Å². The van der Waals surface area contributed by atoms with Crippen LogP contribution in [0.4, 0.5) is 0 Å². The van der Waals surface area contributed by atoms with E-state index >= 15 is 0 Å². The fourth-order valence-corrected chi connectivity index (χ4v) is 2.00. The Balaban J connectivity index is 2.68. The second-order valence-electron chi connectivity index (χ2n) is 2.88. The van der Waals surface area contributed by atoms with E-state index in [0.717, 1.165) is 15.8 Å². The second-order valence-corrected chi connectivity index (χ2v) is 3.91. The zero-order valence-corrected chi connectivity index (χ0v) is 7.89. The van der Waals surface area contributed by atoms with Crippen LogP contribution < -0.4 is 5.73 Å². The van der Waals surface area contributed by atoms with Gasteiger partial charge in [-0.2, -0.15) is 0 Å². The fourth-order valence-electron chi connectivity index (χ4n) is 1.16. The molecule has 0 fully saturated rings. The van der Waals surface area contributed by atoms with E-state index in [9.17, 15) is 4.79 Å². The number of hydrogen-bond acceptors (Lipinski definition) is 3. The first-order chi connectivity index (χ1) is 6.16. The zero-order valence-electron chi connectivity index (χ0n) is 7.07. The average molecular weight is 192 g/mol. The van der Waals surface area contributed by atoms with E-state index in [4.69, 9.17) is 5.73 Å². The summed E-state index contributed by atoms with van der Waals surface area (Å²) in [5, 5.41) is 0.985. The highest BCUT2D eigenvalue weighted by Crippen LogP contribution is 2.23. The molecule has 3 nitrogen and oxygen atoms in total. The summed E-state index contributed by atoms with van der Waals surface area (Å²) in [4.78, 5) is 16.5. The van der Waals surface area contributed by atoms with Gasteiger partial charge in [-0.25, -0.2) is 4.98 Å². The van der Waals surface area contributed by atoms with Crippen LogP contribution in [0.2, 0.25) is 0 Å². The molecule has 1 amide bonds. The Hall–Kier alpha value is -1.42. The van der Waals surface area contributed by atoms with Crippen molar-refractivity contribution >= 4 is 27.5 Å². The van der Waals surface area contributed by atoms with Crippen LogP contribution in [0.25, 0.3) is 10.2 Å². The highest BCUT2D eigenvalue weighted by atomic mass is 32.1. The number of aryl methyl sites for hydroxylation is 1. The maximum atomic E-state index is 10.9. The first kappa shape index (κ1) is 8.19. The molecular weight excluding hydrogens is 184 g/mol. The lowest BCUT2D eigenvalue weighted by Gasteiger charge is -1.89. The van der Waals surface area contributed by atoms with E-state index in [-0.39, 0.29) is 5.91 Å². The molecule has 66 valence electrons. The lowest BCUT2D eigenvalue weighted by atomic mass is 10.2. The fraction of sp³-hybridized carbons (Fsp3) is 0.111. The number of carbonyl (C=O) groups is 1. The zero-order chi connectivity index (χ0) is 9.42. The van der Waals surface area contributed by atoms with E-state index in [1.807, 2.05) is 13.0 Å². The highest BCUT2D eigenvalue weighted by Gasteiger charge is 2.06. The molecule has 0 radical (unpaired) electrons. The van der Waals surface area contributed by atoms with Gasteiger partial charge >= 0.3 is 0 Å². The number of fused-ring (bicyclic) bond motifs is 1. The summed E-state index contributed by atoms with van der Waals surface area (Å²) in [7, 11) is 0. The van der Waals surface area contributed by atoms with Crippen molar-refractivity contribution in [3.05, 3.63) is 28.8 Å². The Bertz CT molecular complexity index is 475. The largest absolute Gasteiger partial charge is 0.365 e. The molecule has 4 heteroatoms. The maximum absolute atomic E-state index is 10.9. The monoisotopic (exact) mass is 192 g/mol. The van der Waals surface area contributed by atoms with Gasteiger partial charge in [0.2, 0.25) is 0 Å². The van der Waals surface area contributed by atoms with Crippen LogP contribution in [0.1, 0.15) is 15.2 Å². The third-order valence-corrected chi connectivity index (χ3v) is 2.83. The van der Waals surface area contributed by atoms with Gasteiger partial charge in [0.1, 0.15) is 4.83 Å². The molecule has 0 unspecified atom stereocenters. The van der Waals surface area contributed by atoms with E-state index in [0.29, 0.717) is 4.88 Å². The Kier molecular flexibility index (Phi) is 1.77. The molecule has 2 aromatic heterocycles. The van der Waals surface area contributed by atoms with Crippen LogP contribution in [0.3, 0.4) is 0 Å². The summed E-state index contributed by atoms with van der Waals surface area (Å²) in [6.45, 7) is 1.97. The minimum absolute atomic E-state index is 0.388. The Labute approximate surface area is 79.2 Å². The Morgan fingerprint density at radius 3 is 3.00 bits per heavy atom. The molecule has 2 rings (SSSR count). The molecule has 0 bridgehead atoms. The minimum atomic E-state index is -0.388. The first-order valence-electron chi connectivity index (χ1n) is 3.83. The quantitative estimate of drug-likeness (QED) is 0.747. The van der Waals surface area contributed by atoms with Crippen molar-refractivity contribution in [2.75, 3.05) is 0 Å². The van der Waals surface area contributed by atoms with Gasteiger partial charge in [0.15, 0.2) is 0 Å². The van der Waals surface area contributed by atoms with Gasteiger partial charge in [0.25, 0.3) is 5.91 Å². The number of aromatic nitrogens is 1. The molecule has 0 spiro atoms. The van der Waals surface area contributed by atoms with Gasteiger partial charge in [-0.1, -0.05) is 0 Å². The normalized spacial score (nSPS) is 10.5. The summed E-state index contributed by atoms with van der Waals surface area (Å²) in [5.74, 6) is -0.388. The molecule has 0 aliphatic rings. The smallest absolute Gasteiger partial charge is 0.258 e. The average Bonchev–Trinajstić information content (AvgIpc) is 2.46. The molecule has 0 saturated carbocycles. The predicted molar refractivity (Wildman–Crippen MR) is 52.9 cm³/mol.